The Kier molecular flexibility index (Phi) is 46.7. The predicted molar refractivity (Wildman–Crippen MR) is 346 cm³/mol. The van der Waals surface area contributed by atoms with Gasteiger partial charge in [0.1, 0.15) is 73.2 Å². The van der Waals surface area contributed by atoms with Crippen LogP contribution in [0.3, 0.4) is 0 Å². The maximum atomic E-state index is 13.4. The van der Waals surface area contributed by atoms with Crippen LogP contribution in [-0.4, -0.2) is 193 Å². The molecule has 0 spiro atoms. The van der Waals surface area contributed by atoms with Crippen LogP contribution in [0.25, 0.3) is 0 Å². The van der Waals surface area contributed by atoms with Crippen LogP contribution in [0.5, 0.6) is 0 Å². The second kappa shape index (κ2) is 51.6. The van der Waals surface area contributed by atoms with Crippen LogP contribution >= 0.6 is 0 Å². The van der Waals surface area contributed by atoms with Crippen LogP contribution < -0.4 is 5.32 Å². The third kappa shape index (κ3) is 33.8. The van der Waals surface area contributed by atoms with E-state index in [4.69, 9.17) is 28.4 Å². The Hall–Kier alpha value is -2.77. The van der Waals surface area contributed by atoms with Crippen molar-refractivity contribution in [2.75, 3.05) is 26.4 Å². The van der Waals surface area contributed by atoms with Gasteiger partial charge in [0.05, 0.1) is 38.6 Å². The zero-order valence-electron chi connectivity index (χ0n) is 54.4. The van der Waals surface area contributed by atoms with Crippen molar-refractivity contribution in [2.45, 2.75) is 336 Å². The van der Waals surface area contributed by atoms with Gasteiger partial charge in [-0.1, -0.05) is 234 Å². The number of ether oxygens (including phenoxy) is 6. The molecule has 3 aliphatic rings. The molecule has 0 radical (unpaired) electrons. The largest absolute Gasteiger partial charge is 0.394 e. The van der Waals surface area contributed by atoms with Crippen LogP contribution in [0.4, 0.5) is 0 Å². The van der Waals surface area contributed by atoms with Gasteiger partial charge in [-0.15, -0.1) is 0 Å². The lowest BCUT2D eigenvalue weighted by atomic mass is 9.96. The molecular formula is C70H123NO18. The first-order valence-electron chi connectivity index (χ1n) is 34.7. The molecule has 89 heavy (non-hydrogen) atoms. The number of amides is 1. The number of hydrogen-bond acceptors (Lipinski definition) is 18. The van der Waals surface area contributed by atoms with E-state index in [1.165, 1.54) is 109 Å². The molecule has 19 heteroatoms. The van der Waals surface area contributed by atoms with Crippen molar-refractivity contribution in [1.29, 1.82) is 0 Å². The molecule has 516 valence electrons. The van der Waals surface area contributed by atoms with Crippen molar-refractivity contribution < 1.29 is 89.4 Å². The van der Waals surface area contributed by atoms with Crippen LogP contribution in [0.15, 0.2) is 72.9 Å². The molecule has 0 aromatic rings. The summed E-state index contributed by atoms with van der Waals surface area (Å²) in [6.07, 6.45) is 37.1. The molecule has 3 aliphatic heterocycles. The lowest BCUT2D eigenvalue weighted by Crippen LogP contribution is -2.66. The molecule has 0 bridgehead atoms. The Bertz CT molecular complexity index is 1900. The Balaban J connectivity index is 1.35. The molecule has 1 amide bonds. The maximum absolute atomic E-state index is 13.4. The first-order chi connectivity index (χ1) is 43.3. The van der Waals surface area contributed by atoms with Crippen LogP contribution in [0.2, 0.25) is 0 Å². The molecular weight excluding hydrogens is 1140 g/mol. The minimum absolute atomic E-state index is 0.247. The molecule has 17 atom stereocenters. The normalized spacial score (nSPS) is 28.7. The van der Waals surface area contributed by atoms with E-state index in [-0.39, 0.29) is 18.9 Å². The van der Waals surface area contributed by atoms with Crippen molar-refractivity contribution >= 4 is 5.91 Å². The first-order valence-corrected chi connectivity index (χ1v) is 34.7. The average Bonchev–Trinajstić information content (AvgIpc) is 1.33. The standard InChI is InChI=1S/C70H123NO18/c1-3-5-7-9-11-13-15-16-17-18-19-20-21-22-23-24-25-26-27-28-29-30-31-32-33-34-35-36-38-40-42-44-46-48-58(76)71-53(54(75)47-45-43-41-39-37-14-12-10-8-6-4-2)52-84-68-64(82)61(79)66(56(50-73)86-68)89-70-65(83)62(80)67(57(51-74)87-70)88-69-63(81)60(78)59(77)55(49-72)85-69/h5,7,11,13,16-17,19-20,22-23,25-26,53-57,59-70,72-75,77-83H,3-4,6,8-10,12,14-15,18,21,24,27-52H2,1-2H3,(H,71,76)/b7-5-,13-11-,17-16-,20-19-,23-22-,26-25-. The Morgan fingerprint density at radius 2 is 0.775 bits per heavy atom. The predicted octanol–water partition coefficient (Wildman–Crippen LogP) is 8.94. The Morgan fingerprint density at radius 3 is 1.21 bits per heavy atom. The molecule has 19 nitrogen and oxygen atoms in total. The third-order valence-corrected chi connectivity index (χ3v) is 17.0. The molecule has 17 unspecified atom stereocenters. The highest BCUT2D eigenvalue weighted by Crippen LogP contribution is 2.33. The summed E-state index contributed by atoms with van der Waals surface area (Å²) >= 11 is 0. The number of allylic oxidation sites excluding steroid dienone is 12. The van der Waals surface area contributed by atoms with E-state index in [1.54, 1.807) is 0 Å². The number of aliphatic hydroxyl groups is 11. The topological polar surface area (TPSA) is 307 Å². The van der Waals surface area contributed by atoms with E-state index >= 15 is 0 Å². The van der Waals surface area contributed by atoms with Gasteiger partial charge in [0.15, 0.2) is 18.9 Å². The van der Waals surface area contributed by atoms with Gasteiger partial charge in [-0.2, -0.15) is 0 Å². The van der Waals surface area contributed by atoms with E-state index < -0.39 is 124 Å². The molecule has 3 saturated heterocycles. The Morgan fingerprint density at radius 1 is 0.416 bits per heavy atom. The van der Waals surface area contributed by atoms with Gasteiger partial charge >= 0.3 is 0 Å². The highest BCUT2D eigenvalue weighted by molar-refractivity contribution is 5.76. The van der Waals surface area contributed by atoms with Crippen molar-refractivity contribution in [3.8, 4) is 0 Å². The van der Waals surface area contributed by atoms with Gasteiger partial charge < -0.3 is 89.9 Å². The molecule has 0 aromatic carbocycles. The number of carbonyl (C=O) groups excluding carboxylic acids is 1. The third-order valence-electron chi connectivity index (χ3n) is 17.0. The number of rotatable bonds is 52. The number of nitrogens with one attached hydrogen (secondary N) is 1. The van der Waals surface area contributed by atoms with Gasteiger partial charge in [-0.05, 0) is 64.2 Å². The van der Waals surface area contributed by atoms with Crippen molar-refractivity contribution in [2.24, 2.45) is 0 Å². The first kappa shape index (κ1) is 80.5. The second-order valence-corrected chi connectivity index (χ2v) is 24.6. The zero-order chi connectivity index (χ0) is 64.7. The van der Waals surface area contributed by atoms with Gasteiger partial charge in [-0.25, -0.2) is 0 Å². The summed E-state index contributed by atoms with van der Waals surface area (Å²) in [5.74, 6) is -0.247. The fourth-order valence-corrected chi connectivity index (χ4v) is 11.4. The summed E-state index contributed by atoms with van der Waals surface area (Å²) in [4.78, 5) is 13.4. The van der Waals surface area contributed by atoms with Gasteiger partial charge in [0.25, 0.3) is 0 Å². The summed E-state index contributed by atoms with van der Waals surface area (Å²) in [6, 6.07) is -0.889. The van der Waals surface area contributed by atoms with Gasteiger partial charge in [-0.3, -0.25) is 4.79 Å². The maximum Gasteiger partial charge on any atom is 0.220 e. The molecule has 3 rings (SSSR count). The number of carbonyl (C=O) groups is 1. The summed E-state index contributed by atoms with van der Waals surface area (Å²) in [6.45, 7) is 1.66. The average molecular weight is 1270 g/mol. The summed E-state index contributed by atoms with van der Waals surface area (Å²) in [5.41, 5.74) is 0. The summed E-state index contributed by atoms with van der Waals surface area (Å²) in [7, 11) is 0. The quantitative estimate of drug-likeness (QED) is 0.0200. The number of unbranched alkanes of at least 4 members (excludes halogenated alkanes) is 24. The minimum atomic E-state index is -1.97. The van der Waals surface area contributed by atoms with Crippen LogP contribution in [-0.2, 0) is 33.2 Å². The molecule has 3 fully saturated rings. The van der Waals surface area contributed by atoms with E-state index in [1.807, 2.05) is 0 Å². The lowest BCUT2D eigenvalue weighted by Gasteiger charge is -2.48. The van der Waals surface area contributed by atoms with Crippen molar-refractivity contribution in [3.63, 3.8) is 0 Å². The Labute approximate surface area is 534 Å². The second-order valence-electron chi connectivity index (χ2n) is 24.6. The smallest absolute Gasteiger partial charge is 0.220 e. The van der Waals surface area contributed by atoms with Crippen molar-refractivity contribution in [1.82, 2.24) is 5.32 Å². The van der Waals surface area contributed by atoms with Gasteiger partial charge in [0, 0.05) is 6.42 Å². The molecule has 12 N–H and O–H groups in total. The van der Waals surface area contributed by atoms with E-state index in [0.717, 1.165) is 89.9 Å². The molecule has 0 aliphatic carbocycles. The molecule has 3 heterocycles. The summed E-state index contributed by atoms with van der Waals surface area (Å²) in [5, 5.41) is 120. The molecule has 0 aromatic heterocycles. The van der Waals surface area contributed by atoms with Crippen molar-refractivity contribution in [3.05, 3.63) is 72.9 Å². The van der Waals surface area contributed by atoms with Crippen LogP contribution in [0, 0.1) is 0 Å². The number of hydrogen-bond donors (Lipinski definition) is 12. The minimum Gasteiger partial charge on any atom is -0.394 e. The fourth-order valence-electron chi connectivity index (χ4n) is 11.4. The highest BCUT2D eigenvalue weighted by Gasteiger charge is 2.53. The lowest BCUT2D eigenvalue weighted by molar-refractivity contribution is -0.379. The monoisotopic (exact) mass is 1270 g/mol. The summed E-state index contributed by atoms with van der Waals surface area (Å²) < 4.78 is 34.3. The zero-order valence-corrected chi connectivity index (χ0v) is 54.4. The molecule has 0 saturated carbocycles. The SMILES string of the molecule is CC/C=C\C/C=C\C/C=C\C/C=C\C/C=C\C/C=C\CCCCCCCCCCCCCCCCC(=O)NC(COC1OC(CO)C(OC2OC(CO)C(OC3OC(CO)C(O)C(O)C3O)C(O)C2O)C(O)C1O)C(O)CCCCCCCCCCCCC. The van der Waals surface area contributed by atoms with E-state index in [9.17, 15) is 61.0 Å². The van der Waals surface area contributed by atoms with Crippen LogP contribution in [0.1, 0.15) is 232 Å². The number of aliphatic hydroxyl groups excluding tert-OH is 11. The van der Waals surface area contributed by atoms with E-state index in [0.29, 0.717) is 12.8 Å². The van der Waals surface area contributed by atoms with Gasteiger partial charge in [0.2, 0.25) is 5.91 Å². The van der Waals surface area contributed by atoms with E-state index in [2.05, 4.69) is 92.1 Å². The highest BCUT2D eigenvalue weighted by atomic mass is 16.8. The fraction of sp³-hybridized carbons (Fsp3) is 0.814.